The third-order valence-corrected chi connectivity index (χ3v) is 10.6. The van der Waals surface area contributed by atoms with Crippen LogP contribution in [-0.2, 0) is 26.2 Å². The number of nitrogens with one attached hydrogen (secondary N) is 1. The smallest absolute Gasteiger partial charge is 0.256 e. The molecule has 12 heteroatoms. The van der Waals surface area contributed by atoms with Gasteiger partial charge in [0.05, 0.1) is 27.2 Å². The molecule has 1 fully saturated rings. The fourth-order valence-electron chi connectivity index (χ4n) is 7.58. The molecule has 0 unspecified atom stereocenters. The first-order chi connectivity index (χ1) is 29.0. The predicted octanol–water partition coefficient (Wildman–Crippen LogP) is 7.38. The van der Waals surface area contributed by atoms with Crippen LogP contribution < -0.4 is 14.8 Å². The minimum Gasteiger partial charge on any atom is -0.497 e. The van der Waals surface area contributed by atoms with Gasteiger partial charge in [0.1, 0.15) is 41.7 Å². The maximum Gasteiger partial charge on any atom is 0.256 e. The molecular formula is C47H45N5O7. The van der Waals surface area contributed by atoms with Crippen LogP contribution in [0.15, 0.2) is 152 Å². The van der Waals surface area contributed by atoms with Crippen molar-refractivity contribution in [1.82, 2.24) is 19.5 Å². The topological polar surface area (TPSA) is 139 Å². The zero-order valence-electron chi connectivity index (χ0n) is 32.8. The number of nitrogens with zero attached hydrogens (tertiary/aromatic N) is 4. The molecule has 2 aromatic heterocycles. The quantitative estimate of drug-likeness (QED) is 0.0753. The van der Waals surface area contributed by atoms with Gasteiger partial charge in [0.25, 0.3) is 5.91 Å². The molecule has 0 aliphatic carbocycles. The molecular weight excluding hydrogens is 747 g/mol. The van der Waals surface area contributed by atoms with Gasteiger partial charge in [0.15, 0.2) is 23.2 Å². The van der Waals surface area contributed by atoms with Crippen LogP contribution in [0.5, 0.6) is 11.5 Å². The van der Waals surface area contributed by atoms with Gasteiger partial charge in [0.2, 0.25) is 0 Å². The number of hydrogen-bond donors (Lipinski definition) is 2. The molecule has 7 aromatic rings. The van der Waals surface area contributed by atoms with E-state index in [2.05, 4.69) is 32.4 Å². The number of methoxy groups -OCH3 is 2. The fourth-order valence-corrected chi connectivity index (χ4v) is 7.58. The summed E-state index contributed by atoms with van der Waals surface area (Å²) >= 11 is 0. The van der Waals surface area contributed by atoms with Gasteiger partial charge >= 0.3 is 0 Å². The van der Waals surface area contributed by atoms with Crippen molar-refractivity contribution in [3.05, 3.63) is 180 Å². The second-order valence-corrected chi connectivity index (χ2v) is 14.2. The average molecular weight is 792 g/mol. The van der Waals surface area contributed by atoms with Crippen LogP contribution in [-0.4, -0.2) is 76.3 Å². The Hall–Kier alpha value is -6.44. The number of fused-ring (bicyclic) bond motifs is 1. The van der Waals surface area contributed by atoms with Crippen molar-refractivity contribution in [3.63, 3.8) is 0 Å². The number of aliphatic hydroxyl groups is 1. The Morgan fingerprint density at radius 2 is 1.36 bits per heavy atom. The minimum absolute atomic E-state index is 0.0332. The van der Waals surface area contributed by atoms with Crippen LogP contribution in [0.2, 0.25) is 0 Å². The van der Waals surface area contributed by atoms with Crippen molar-refractivity contribution < 1.29 is 33.6 Å². The van der Waals surface area contributed by atoms with E-state index >= 15 is 0 Å². The Labute approximate surface area is 342 Å². The van der Waals surface area contributed by atoms with E-state index in [1.54, 1.807) is 49.4 Å². The van der Waals surface area contributed by atoms with Crippen LogP contribution in [0.1, 0.15) is 45.3 Å². The molecule has 1 saturated heterocycles. The first-order valence-electron chi connectivity index (χ1n) is 19.5. The lowest BCUT2D eigenvalue weighted by Gasteiger charge is -2.37. The lowest BCUT2D eigenvalue weighted by molar-refractivity contribution is -0.0960. The molecule has 2 N–H and O–H groups in total. The highest BCUT2D eigenvalue weighted by Crippen LogP contribution is 2.43. The molecule has 1 aliphatic rings. The van der Waals surface area contributed by atoms with Crippen LogP contribution in [0, 0.1) is 0 Å². The van der Waals surface area contributed by atoms with Gasteiger partial charge in [-0.3, -0.25) is 9.36 Å². The number of aliphatic hydroxyl groups excluding tert-OH is 1. The molecule has 0 spiro atoms. The normalized spacial score (nSPS) is 17.8. The Morgan fingerprint density at radius 3 is 1.98 bits per heavy atom. The molecule has 0 radical (unpaired) electrons. The number of benzene rings is 5. The molecule has 1 aliphatic heterocycles. The van der Waals surface area contributed by atoms with Crippen molar-refractivity contribution >= 4 is 22.9 Å². The van der Waals surface area contributed by atoms with Gasteiger partial charge in [-0.05, 0) is 71.5 Å². The van der Waals surface area contributed by atoms with E-state index in [-0.39, 0.29) is 18.3 Å². The lowest BCUT2D eigenvalue weighted by atomic mass is 9.80. The number of carbonyl (C=O) groups excluding carboxylic acids is 1. The van der Waals surface area contributed by atoms with Crippen LogP contribution in [0.25, 0.3) is 11.2 Å². The molecule has 5 aromatic carbocycles. The molecule has 0 saturated carbocycles. The Bertz CT molecular complexity index is 2380. The summed E-state index contributed by atoms with van der Waals surface area (Å²) in [5, 5.41) is 15.0. The van der Waals surface area contributed by atoms with Crippen LogP contribution in [0.4, 0.5) is 5.82 Å². The number of aryl methyl sites for hydroxylation is 1. The number of anilines is 1. The van der Waals surface area contributed by atoms with Gasteiger partial charge in [0, 0.05) is 12.2 Å². The number of rotatable bonds is 16. The maximum atomic E-state index is 13.1. The number of aromatic nitrogens is 4. The number of amides is 1. The Kier molecular flexibility index (Phi) is 12.0. The van der Waals surface area contributed by atoms with E-state index in [1.165, 1.54) is 11.9 Å². The summed E-state index contributed by atoms with van der Waals surface area (Å²) in [6.45, 7) is 0.324. The largest absolute Gasteiger partial charge is 0.497 e. The highest BCUT2D eigenvalue weighted by atomic mass is 16.6. The van der Waals surface area contributed by atoms with Crippen molar-refractivity contribution in [1.29, 1.82) is 0 Å². The highest BCUT2D eigenvalue weighted by molar-refractivity contribution is 6.06. The molecule has 12 nitrogen and oxygen atoms in total. The SMILES string of the molecule is COc1ccc(C(OC[C@H]2O[C@@H](n3cnc4c(NC(=O)c5ccccc5)ncnc43)[C@H](OCCCc3ccccc3)[C@@H]2O)(c2ccccc2)c2ccc(OC)cc2)cc1. The summed E-state index contributed by atoms with van der Waals surface area (Å²) < 4.78 is 33.2. The second-order valence-electron chi connectivity index (χ2n) is 14.2. The summed E-state index contributed by atoms with van der Waals surface area (Å²) in [4.78, 5) is 26.6. The zero-order chi connectivity index (χ0) is 40.6. The van der Waals surface area contributed by atoms with Crippen molar-refractivity contribution in [2.45, 2.75) is 43.0 Å². The van der Waals surface area contributed by atoms with Gasteiger partial charge in [-0.25, -0.2) is 15.0 Å². The van der Waals surface area contributed by atoms with E-state index in [0.29, 0.717) is 34.8 Å². The van der Waals surface area contributed by atoms with Gasteiger partial charge < -0.3 is 34.1 Å². The van der Waals surface area contributed by atoms with Gasteiger partial charge in [-0.2, -0.15) is 0 Å². The van der Waals surface area contributed by atoms with Gasteiger partial charge in [-0.1, -0.05) is 103 Å². The number of carbonyl (C=O) groups is 1. The van der Waals surface area contributed by atoms with Crippen molar-refractivity contribution in [2.24, 2.45) is 0 Å². The highest BCUT2D eigenvalue weighted by Gasteiger charge is 2.48. The Balaban J connectivity index is 1.13. The minimum atomic E-state index is -1.15. The molecule has 59 heavy (non-hydrogen) atoms. The van der Waals surface area contributed by atoms with E-state index < -0.39 is 30.1 Å². The number of imidazole rings is 1. The van der Waals surface area contributed by atoms with E-state index in [1.807, 2.05) is 103 Å². The van der Waals surface area contributed by atoms with Crippen LogP contribution in [0.3, 0.4) is 0 Å². The standard InChI is InChI=1S/C47H45N5O7/c1-55-37-24-20-35(21-25-37)47(34-18-10-5-11-19-34,36-22-26-38(56-2)27-23-36)58-29-39-41(53)42(57-28-12-15-32-13-6-3-7-14-32)46(59-39)52-31-50-40-43(48-30-49-44(40)52)51-45(54)33-16-8-4-9-17-33/h3-11,13-14,16-27,30-31,39,41-42,46,53H,12,15,28-29H2,1-2H3,(H,48,49,51,54)/t39-,41-,42-,46-/m1/s1. The summed E-state index contributed by atoms with van der Waals surface area (Å²) in [5.41, 5.74) is 3.84. The summed E-state index contributed by atoms with van der Waals surface area (Å²) in [6, 6.07) is 44.5. The average Bonchev–Trinajstić information content (AvgIpc) is 3.87. The second kappa shape index (κ2) is 18.0. The third-order valence-electron chi connectivity index (χ3n) is 10.6. The molecule has 4 atom stereocenters. The zero-order valence-corrected chi connectivity index (χ0v) is 32.8. The van der Waals surface area contributed by atoms with Gasteiger partial charge in [-0.15, -0.1) is 0 Å². The Morgan fingerprint density at radius 1 is 0.763 bits per heavy atom. The monoisotopic (exact) mass is 791 g/mol. The lowest BCUT2D eigenvalue weighted by Crippen LogP contribution is -2.40. The number of ether oxygens (including phenoxy) is 5. The predicted molar refractivity (Wildman–Crippen MR) is 222 cm³/mol. The molecule has 1 amide bonds. The first kappa shape index (κ1) is 39.4. The van der Waals surface area contributed by atoms with E-state index in [0.717, 1.165) is 29.5 Å². The first-order valence-corrected chi connectivity index (χ1v) is 19.5. The maximum absolute atomic E-state index is 13.1. The molecule has 0 bridgehead atoms. The third kappa shape index (κ3) is 8.30. The molecule has 300 valence electrons. The molecule has 8 rings (SSSR count). The fraction of sp³-hybridized carbons (Fsp3) is 0.234. The van der Waals surface area contributed by atoms with E-state index in [4.69, 9.17) is 23.7 Å². The van der Waals surface area contributed by atoms with Crippen molar-refractivity contribution in [2.75, 3.05) is 32.8 Å². The summed E-state index contributed by atoms with van der Waals surface area (Å²) in [6.07, 6.45) is 0.793. The summed E-state index contributed by atoms with van der Waals surface area (Å²) in [5.74, 6) is 1.32. The van der Waals surface area contributed by atoms with Crippen LogP contribution >= 0.6 is 0 Å². The summed E-state index contributed by atoms with van der Waals surface area (Å²) in [7, 11) is 3.26. The number of hydrogen-bond acceptors (Lipinski definition) is 10. The molecule has 3 heterocycles. The van der Waals surface area contributed by atoms with E-state index in [9.17, 15) is 9.90 Å². The van der Waals surface area contributed by atoms with Crippen molar-refractivity contribution in [3.8, 4) is 11.5 Å².